The van der Waals surface area contributed by atoms with Crippen LogP contribution in [-0.2, 0) is 24.3 Å². The van der Waals surface area contributed by atoms with Crippen LogP contribution in [0.1, 0.15) is 23.2 Å². The maximum atomic E-state index is 12.7. The molecule has 170 valence electrons. The van der Waals surface area contributed by atoms with Crippen LogP contribution in [0.5, 0.6) is 0 Å². The fourth-order valence-electron chi connectivity index (χ4n) is 3.22. The number of amides is 1. The van der Waals surface area contributed by atoms with Gasteiger partial charge in [-0.2, -0.15) is 4.31 Å². The van der Waals surface area contributed by atoms with Crippen LogP contribution in [0.3, 0.4) is 0 Å². The highest BCUT2D eigenvalue weighted by Gasteiger charge is 2.30. The number of carbonyl (C=O) groups is 3. The van der Waals surface area contributed by atoms with E-state index in [9.17, 15) is 22.8 Å². The summed E-state index contributed by atoms with van der Waals surface area (Å²) < 4.78 is 31.7. The van der Waals surface area contributed by atoms with Gasteiger partial charge in [0, 0.05) is 43.2 Å². The molecule has 0 aliphatic carbocycles. The lowest BCUT2D eigenvalue weighted by molar-refractivity contribution is -0.152. The zero-order chi connectivity index (χ0) is 23.1. The van der Waals surface area contributed by atoms with Crippen molar-refractivity contribution in [2.75, 3.05) is 32.8 Å². The van der Waals surface area contributed by atoms with E-state index in [0.29, 0.717) is 10.6 Å². The van der Waals surface area contributed by atoms with Crippen molar-refractivity contribution in [3.63, 3.8) is 0 Å². The Labute approximate surface area is 191 Å². The minimum absolute atomic E-state index is 0.00172. The van der Waals surface area contributed by atoms with Gasteiger partial charge >= 0.3 is 5.97 Å². The molecule has 1 saturated heterocycles. The highest BCUT2D eigenvalue weighted by molar-refractivity contribution is 7.89. The number of nitrogens with zero attached hydrogens (tertiary/aromatic N) is 2. The van der Waals surface area contributed by atoms with Crippen molar-refractivity contribution in [1.82, 2.24) is 9.21 Å². The first-order valence-electron chi connectivity index (χ1n) is 10.0. The molecule has 0 bridgehead atoms. The first-order chi connectivity index (χ1) is 15.3. The number of ketones is 1. The number of hydrogen-bond acceptors (Lipinski definition) is 6. The lowest BCUT2D eigenvalue weighted by atomic mass is 10.1. The Balaban J connectivity index is 1.42. The summed E-state index contributed by atoms with van der Waals surface area (Å²) in [4.78, 5) is 37.8. The molecule has 0 saturated carbocycles. The molecule has 0 N–H and O–H groups in total. The molecule has 0 aromatic heterocycles. The summed E-state index contributed by atoms with van der Waals surface area (Å²) in [5.41, 5.74) is 0.516. The van der Waals surface area contributed by atoms with Crippen LogP contribution in [0.4, 0.5) is 0 Å². The normalized spacial score (nSPS) is 14.7. The van der Waals surface area contributed by atoms with Gasteiger partial charge in [0.05, 0.1) is 11.3 Å². The van der Waals surface area contributed by atoms with E-state index in [4.69, 9.17) is 16.3 Å². The van der Waals surface area contributed by atoms with Crippen molar-refractivity contribution in [1.29, 1.82) is 0 Å². The molecule has 2 aromatic rings. The molecule has 0 atom stereocenters. The van der Waals surface area contributed by atoms with Crippen LogP contribution in [-0.4, -0.2) is 68.1 Å². The fourth-order valence-corrected chi connectivity index (χ4v) is 4.77. The Hall–Kier alpha value is -2.75. The average Bonchev–Trinajstić information content (AvgIpc) is 2.82. The number of ether oxygens (including phenoxy) is 1. The largest absolute Gasteiger partial charge is 0.456 e. The minimum Gasteiger partial charge on any atom is -0.456 e. The Morgan fingerprint density at radius 2 is 1.50 bits per heavy atom. The van der Waals surface area contributed by atoms with Crippen molar-refractivity contribution in [2.45, 2.75) is 17.7 Å². The van der Waals surface area contributed by atoms with Crippen LogP contribution in [0.15, 0.2) is 59.5 Å². The maximum absolute atomic E-state index is 12.7. The summed E-state index contributed by atoms with van der Waals surface area (Å²) in [5, 5.41) is 0.443. The first kappa shape index (κ1) is 23.9. The van der Waals surface area contributed by atoms with Gasteiger partial charge in [-0.05, 0) is 24.3 Å². The number of carbonyl (C=O) groups excluding carboxylic acids is 3. The molecule has 0 spiro atoms. The third kappa shape index (κ3) is 6.15. The van der Waals surface area contributed by atoms with Gasteiger partial charge < -0.3 is 9.64 Å². The SMILES string of the molecule is O=C(CCC(=O)c1ccccc1)OCC(=O)N1CCN(S(=O)(=O)c2ccc(Cl)cc2)CC1. The molecule has 1 fully saturated rings. The molecule has 1 aliphatic heterocycles. The molecule has 8 nitrogen and oxygen atoms in total. The highest BCUT2D eigenvalue weighted by Crippen LogP contribution is 2.20. The number of hydrogen-bond donors (Lipinski definition) is 0. The van der Waals surface area contributed by atoms with Crippen molar-refractivity contribution >= 4 is 39.3 Å². The lowest BCUT2D eigenvalue weighted by Crippen LogP contribution is -2.51. The average molecular weight is 479 g/mol. The Kier molecular flexibility index (Phi) is 8.00. The Morgan fingerprint density at radius 1 is 0.875 bits per heavy atom. The first-order valence-corrected chi connectivity index (χ1v) is 11.9. The zero-order valence-electron chi connectivity index (χ0n) is 17.3. The molecule has 10 heteroatoms. The molecule has 0 unspecified atom stereocenters. The predicted octanol–water partition coefficient (Wildman–Crippen LogP) is 2.38. The van der Waals surface area contributed by atoms with Crippen LogP contribution < -0.4 is 0 Å². The minimum atomic E-state index is -3.67. The number of benzene rings is 2. The zero-order valence-corrected chi connectivity index (χ0v) is 18.8. The second-order valence-electron chi connectivity index (χ2n) is 7.19. The Morgan fingerprint density at radius 3 is 2.12 bits per heavy atom. The maximum Gasteiger partial charge on any atom is 0.306 e. The van der Waals surface area contributed by atoms with Crippen molar-refractivity contribution in [2.24, 2.45) is 0 Å². The van der Waals surface area contributed by atoms with E-state index in [1.807, 2.05) is 0 Å². The highest BCUT2D eigenvalue weighted by atomic mass is 35.5. The molecule has 32 heavy (non-hydrogen) atoms. The summed E-state index contributed by atoms with van der Waals surface area (Å²) in [6.07, 6.45) is -0.119. The number of esters is 1. The monoisotopic (exact) mass is 478 g/mol. The number of halogens is 1. The molecule has 2 aromatic carbocycles. The topological polar surface area (TPSA) is 101 Å². The van der Waals surface area contributed by atoms with Crippen LogP contribution in [0, 0.1) is 0 Å². The number of piperazine rings is 1. The standard InChI is InChI=1S/C22H23ClN2O6S/c23-18-6-8-19(9-7-18)32(29,30)25-14-12-24(13-15-25)21(27)16-31-22(28)11-10-20(26)17-4-2-1-3-5-17/h1-9H,10-16H2. The summed E-state index contributed by atoms with van der Waals surface area (Å²) in [5.74, 6) is -1.21. The summed E-state index contributed by atoms with van der Waals surface area (Å²) in [6.45, 7) is 0.208. The molecule has 0 radical (unpaired) electrons. The smallest absolute Gasteiger partial charge is 0.306 e. The van der Waals surface area contributed by atoms with E-state index in [-0.39, 0.29) is 49.7 Å². The second-order valence-corrected chi connectivity index (χ2v) is 9.56. The molecular weight excluding hydrogens is 456 g/mol. The van der Waals surface area contributed by atoms with Crippen molar-refractivity contribution in [3.8, 4) is 0 Å². The molecule has 1 amide bonds. The molecule has 1 heterocycles. The molecular formula is C22H23ClN2O6S. The van der Waals surface area contributed by atoms with Gasteiger partial charge in [0.2, 0.25) is 10.0 Å². The summed E-state index contributed by atoms with van der Waals surface area (Å²) in [6, 6.07) is 14.5. The van der Waals surface area contributed by atoms with Gasteiger partial charge in [-0.1, -0.05) is 41.9 Å². The summed E-state index contributed by atoms with van der Waals surface area (Å²) in [7, 11) is -3.67. The van der Waals surface area contributed by atoms with E-state index in [1.165, 1.54) is 33.5 Å². The predicted molar refractivity (Wildman–Crippen MR) is 118 cm³/mol. The van der Waals surface area contributed by atoms with Gasteiger partial charge in [-0.15, -0.1) is 0 Å². The third-order valence-electron chi connectivity index (χ3n) is 5.05. The molecule has 3 rings (SSSR count). The number of rotatable bonds is 8. The van der Waals surface area contributed by atoms with E-state index in [2.05, 4.69) is 0 Å². The van der Waals surface area contributed by atoms with Crippen molar-refractivity contribution in [3.05, 3.63) is 65.2 Å². The van der Waals surface area contributed by atoms with Crippen LogP contribution in [0.25, 0.3) is 0 Å². The second kappa shape index (κ2) is 10.7. The van der Waals surface area contributed by atoms with E-state index in [0.717, 1.165) is 0 Å². The van der Waals surface area contributed by atoms with Crippen LogP contribution in [0.2, 0.25) is 5.02 Å². The number of Topliss-reactive ketones (excluding diaryl/α,β-unsaturated/α-hetero) is 1. The van der Waals surface area contributed by atoms with E-state index in [1.54, 1.807) is 30.3 Å². The Bertz CT molecular complexity index is 1070. The van der Waals surface area contributed by atoms with Gasteiger partial charge in [0.1, 0.15) is 0 Å². The van der Waals surface area contributed by atoms with Gasteiger partial charge in [-0.25, -0.2) is 8.42 Å². The van der Waals surface area contributed by atoms with Gasteiger partial charge in [0.25, 0.3) is 5.91 Å². The van der Waals surface area contributed by atoms with E-state index < -0.39 is 28.5 Å². The quantitative estimate of drug-likeness (QED) is 0.426. The fraction of sp³-hybridized carbons (Fsp3) is 0.318. The summed E-state index contributed by atoms with van der Waals surface area (Å²) >= 11 is 5.81. The molecule has 1 aliphatic rings. The van der Waals surface area contributed by atoms with Crippen LogP contribution >= 0.6 is 11.6 Å². The number of sulfonamides is 1. The van der Waals surface area contributed by atoms with Crippen molar-refractivity contribution < 1.29 is 27.5 Å². The van der Waals surface area contributed by atoms with Gasteiger partial charge in [-0.3, -0.25) is 14.4 Å². The van der Waals surface area contributed by atoms with E-state index >= 15 is 0 Å². The lowest BCUT2D eigenvalue weighted by Gasteiger charge is -2.33. The third-order valence-corrected chi connectivity index (χ3v) is 7.22. The van der Waals surface area contributed by atoms with Gasteiger partial charge in [0.15, 0.2) is 12.4 Å².